The lowest BCUT2D eigenvalue weighted by Gasteiger charge is -2.08. The van der Waals surface area contributed by atoms with Gasteiger partial charge in [-0.1, -0.05) is 29.3 Å². The van der Waals surface area contributed by atoms with Crippen molar-refractivity contribution in [3.8, 4) is 0 Å². The van der Waals surface area contributed by atoms with E-state index in [1.165, 1.54) is 16.7 Å². The lowest BCUT2D eigenvalue weighted by atomic mass is 10.1. The molecule has 0 unspecified atom stereocenters. The van der Waals surface area contributed by atoms with Crippen molar-refractivity contribution in [1.82, 2.24) is 10.6 Å². The summed E-state index contributed by atoms with van der Waals surface area (Å²) in [6.07, 6.45) is 0. The molecule has 0 aliphatic rings. The monoisotopic (exact) mass is 236 g/mol. The third kappa shape index (κ3) is 6.41. The van der Waals surface area contributed by atoms with Crippen LogP contribution in [0.3, 0.4) is 0 Å². The Morgan fingerprint density at radius 3 is 2.24 bits per heavy atom. The van der Waals surface area contributed by atoms with Crippen LogP contribution in [0.15, 0.2) is 18.2 Å². The topological polar surface area (TPSA) is 33.3 Å². The molecule has 0 saturated heterocycles. The number of ether oxygens (including phenoxy) is 1. The first-order chi connectivity index (χ1) is 8.22. The van der Waals surface area contributed by atoms with E-state index in [9.17, 15) is 0 Å². The predicted octanol–water partition coefficient (Wildman–Crippen LogP) is 1.63. The number of rotatable bonds is 8. The Balaban J connectivity index is 2.13. The van der Waals surface area contributed by atoms with Crippen LogP contribution in [0.4, 0.5) is 0 Å². The van der Waals surface area contributed by atoms with Crippen molar-refractivity contribution in [3.63, 3.8) is 0 Å². The predicted molar refractivity (Wildman–Crippen MR) is 72.4 cm³/mol. The first kappa shape index (κ1) is 14.2. The zero-order valence-corrected chi connectivity index (χ0v) is 11.2. The third-order valence-corrected chi connectivity index (χ3v) is 2.57. The van der Waals surface area contributed by atoms with Gasteiger partial charge in [-0.25, -0.2) is 0 Å². The van der Waals surface area contributed by atoms with E-state index < -0.39 is 0 Å². The fourth-order valence-electron chi connectivity index (χ4n) is 1.88. The zero-order chi connectivity index (χ0) is 12.5. The first-order valence-corrected chi connectivity index (χ1v) is 6.20. The fraction of sp³-hybridized carbons (Fsp3) is 0.571. The van der Waals surface area contributed by atoms with Crippen LogP contribution in [0.5, 0.6) is 0 Å². The molecule has 0 radical (unpaired) electrons. The second-order valence-electron chi connectivity index (χ2n) is 4.42. The summed E-state index contributed by atoms with van der Waals surface area (Å²) in [5.74, 6) is 0. The van der Waals surface area contributed by atoms with Crippen LogP contribution in [0.1, 0.15) is 16.7 Å². The summed E-state index contributed by atoms with van der Waals surface area (Å²) in [5.41, 5.74) is 4.03. The number of benzene rings is 1. The number of hydrogen-bond donors (Lipinski definition) is 2. The van der Waals surface area contributed by atoms with E-state index in [1.807, 2.05) is 0 Å². The summed E-state index contributed by atoms with van der Waals surface area (Å²) in [7, 11) is 1.72. The molecular formula is C14H24N2O. The smallest absolute Gasteiger partial charge is 0.0587 e. The van der Waals surface area contributed by atoms with Crippen LogP contribution in [-0.4, -0.2) is 33.4 Å². The lowest BCUT2D eigenvalue weighted by molar-refractivity contribution is 0.199. The van der Waals surface area contributed by atoms with Gasteiger partial charge in [-0.2, -0.15) is 0 Å². The van der Waals surface area contributed by atoms with Gasteiger partial charge in [0.1, 0.15) is 0 Å². The molecule has 0 bridgehead atoms. The van der Waals surface area contributed by atoms with Crippen LogP contribution in [-0.2, 0) is 11.3 Å². The Bertz CT molecular complexity index is 306. The molecule has 0 aliphatic carbocycles. The largest absolute Gasteiger partial charge is 0.383 e. The van der Waals surface area contributed by atoms with Gasteiger partial charge in [-0.15, -0.1) is 0 Å². The van der Waals surface area contributed by atoms with Crippen molar-refractivity contribution in [3.05, 3.63) is 34.9 Å². The van der Waals surface area contributed by atoms with E-state index in [4.69, 9.17) is 4.74 Å². The molecule has 2 N–H and O–H groups in total. The highest BCUT2D eigenvalue weighted by Crippen LogP contribution is 2.08. The number of methoxy groups -OCH3 is 1. The molecule has 1 aromatic rings. The maximum atomic E-state index is 4.96. The molecular weight excluding hydrogens is 212 g/mol. The van der Waals surface area contributed by atoms with Crippen molar-refractivity contribution in [2.45, 2.75) is 20.4 Å². The molecule has 3 heteroatoms. The van der Waals surface area contributed by atoms with E-state index in [-0.39, 0.29) is 0 Å². The molecule has 3 nitrogen and oxygen atoms in total. The summed E-state index contributed by atoms with van der Waals surface area (Å²) in [6, 6.07) is 6.67. The van der Waals surface area contributed by atoms with E-state index in [0.29, 0.717) is 0 Å². The quantitative estimate of drug-likeness (QED) is 0.673. The molecule has 0 amide bonds. The third-order valence-electron chi connectivity index (χ3n) is 2.57. The van der Waals surface area contributed by atoms with Gasteiger partial charge in [-0.3, -0.25) is 0 Å². The summed E-state index contributed by atoms with van der Waals surface area (Å²) >= 11 is 0. The molecule has 0 heterocycles. The van der Waals surface area contributed by atoms with Gasteiger partial charge >= 0.3 is 0 Å². The van der Waals surface area contributed by atoms with Crippen LogP contribution in [0.2, 0.25) is 0 Å². The Kier molecular flexibility index (Phi) is 6.86. The Hall–Kier alpha value is -0.900. The Labute approximate surface area is 105 Å². The van der Waals surface area contributed by atoms with E-state index >= 15 is 0 Å². The van der Waals surface area contributed by atoms with Gasteiger partial charge in [-0.05, 0) is 19.4 Å². The second-order valence-corrected chi connectivity index (χ2v) is 4.42. The summed E-state index contributed by atoms with van der Waals surface area (Å²) in [4.78, 5) is 0. The molecule has 17 heavy (non-hydrogen) atoms. The maximum absolute atomic E-state index is 4.96. The minimum Gasteiger partial charge on any atom is -0.383 e. The average molecular weight is 236 g/mol. The van der Waals surface area contributed by atoms with E-state index in [0.717, 1.165) is 32.8 Å². The molecule has 1 aromatic carbocycles. The summed E-state index contributed by atoms with van der Waals surface area (Å²) in [6.45, 7) is 8.88. The van der Waals surface area contributed by atoms with Gasteiger partial charge in [0.15, 0.2) is 0 Å². The van der Waals surface area contributed by atoms with Crippen LogP contribution in [0.25, 0.3) is 0 Å². The van der Waals surface area contributed by atoms with Gasteiger partial charge in [0.25, 0.3) is 0 Å². The van der Waals surface area contributed by atoms with E-state index in [1.54, 1.807) is 7.11 Å². The van der Waals surface area contributed by atoms with E-state index in [2.05, 4.69) is 42.7 Å². The SMILES string of the molecule is COCCNCCNCc1cc(C)cc(C)c1. The second kappa shape index (κ2) is 8.23. The van der Waals surface area contributed by atoms with Crippen LogP contribution < -0.4 is 10.6 Å². The zero-order valence-electron chi connectivity index (χ0n) is 11.2. The highest BCUT2D eigenvalue weighted by molar-refractivity contribution is 5.28. The number of hydrogen-bond acceptors (Lipinski definition) is 3. The number of nitrogens with one attached hydrogen (secondary N) is 2. The minimum atomic E-state index is 0.775. The highest BCUT2D eigenvalue weighted by atomic mass is 16.5. The van der Waals surface area contributed by atoms with Crippen molar-refractivity contribution >= 4 is 0 Å². The van der Waals surface area contributed by atoms with Crippen LogP contribution >= 0.6 is 0 Å². The Morgan fingerprint density at radius 1 is 0.941 bits per heavy atom. The molecule has 0 spiro atoms. The van der Waals surface area contributed by atoms with Gasteiger partial charge in [0, 0.05) is 33.3 Å². The van der Waals surface area contributed by atoms with Gasteiger partial charge in [0.2, 0.25) is 0 Å². The van der Waals surface area contributed by atoms with Crippen molar-refractivity contribution in [1.29, 1.82) is 0 Å². The van der Waals surface area contributed by atoms with Gasteiger partial charge < -0.3 is 15.4 Å². The molecule has 0 saturated carbocycles. The van der Waals surface area contributed by atoms with Gasteiger partial charge in [0.05, 0.1) is 6.61 Å². The molecule has 0 fully saturated rings. The average Bonchev–Trinajstić information content (AvgIpc) is 2.26. The highest BCUT2D eigenvalue weighted by Gasteiger charge is 1.95. The lowest BCUT2D eigenvalue weighted by Crippen LogP contribution is -2.29. The molecule has 1 rings (SSSR count). The summed E-state index contributed by atoms with van der Waals surface area (Å²) in [5, 5.41) is 6.74. The van der Waals surface area contributed by atoms with Crippen molar-refractivity contribution < 1.29 is 4.74 Å². The minimum absolute atomic E-state index is 0.775. The summed E-state index contributed by atoms with van der Waals surface area (Å²) < 4.78 is 4.96. The van der Waals surface area contributed by atoms with Crippen LogP contribution in [0, 0.1) is 13.8 Å². The van der Waals surface area contributed by atoms with Crippen molar-refractivity contribution in [2.24, 2.45) is 0 Å². The molecule has 0 atom stereocenters. The number of aryl methyl sites for hydroxylation is 2. The maximum Gasteiger partial charge on any atom is 0.0587 e. The molecule has 0 aliphatic heterocycles. The Morgan fingerprint density at radius 2 is 1.59 bits per heavy atom. The molecule has 96 valence electrons. The molecule has 0 aromatic heterocycles. The fourth-order valence-corrected chi connectivity index (χ4v) is 1.88. The first-order valence-electron chi connectivity index (χ1n) is 6.20. The van der Waals surface area contributed by atoms with Crippen molar-refractivity contribution in [2.75, 3.05) is 33.4 Å². The standard InChI is InChI=1S/C14H24N2O/c1-12-8-13(2)10-14(9-12)11-16-5-4-15-6-7-17-3/h8-10,15-16H,4-7,11H2,1-3H3. The normalized spacial score (nSPS) is 10.8.